The van der Waals surface area contributed by atoms with Crippen molar-refractivity contribution >= 4 is 33.5 Å². The number of ether oxygens (including phenoxy) is 2. The van der Waals surface area contributed by atoms with Crippen molar-refractivity contribution in [2.45, 2.75) is 0 Å². The molecule has 1 aromatic heterocycles. The van der Waals surface area contributed by atoms with E-state index in [0.717, 1.165) is 31.8 Å². The van der Waals surface area contributed by atoms with Crippen molar-refractivity contribution in [3.05, 3.63) is 75.3 Å². The molecule has 0 fully saturated rings. The average Bonchev–Trinajstić information content (AvgIpc) is 3.12. The van der Waals surface area contributed by atoms with Crippen LogP contribution >= 0.6 is 27.3 Å². The highest BCUT2D eigenvalue weighted by atomic mass is 79.9. The molecule has 144 valence electrons. The zero-order valence-electron chi connectivity index (χ0n) is 15.6. The Labute approximate surface area is 176 Å². The second kappa shape index (κ2) is 9.52. The summed E-state index contributed by atoms with van der Waals surface area (Å²) in [5, 5.41) is 6.71. The third-order valence-electron chi connectivity index (χ3n) is 3.90. The van der Waals surface area contributed by atoms with Gasteiger partial charge in [0.25, 0.3) is 0 Å². The maximum Gasteiger partial charge on any atom is 0.206 e. The van der Waals surface area contributed by atoms with Crippen molar-refractivity contribution in [2.24, 2.45) is 10.1 Å². The molecular weight excluding hydrogens is 438 g/mol. The van der Waals surface area contributed by atoms with Gasteiger partial charge in [-0.25, -0.2) is 4.68 Å². The van der Waals surface area contributed by atoms with Crippen molar-refractivity contribution in [1.29, 1.82) is 0 Å². The van der Waals surface area contributed by atoms with Crippen LogP contribution in [0.3, 0.4) is 0 Å². The minimum atomic E-state index is 0.520. The van der Waals surface area contributed by atoms with Gasteiger partial charge in [-0.3, -0.25) is 4.99 Å². The summed E-state index contributed by atoms with van der Waals surface area (Å²) in [5.74, 6) is 1.44. The van der Waals surface area contributed by atoms with Crippen LogP contribution < -0.4 is 14.3 Å². The van der Waals surface area contributed by atoms with E-state index in [2.05, 4.69) is 27.5 Å². The summed E-state index contributed by atoms with van der Waals surface area (Å²) >= 11 is 5.01. The molecule has 0 spiro atoms. The van der Waals surface area contributed by atoms with Gasteiger partial charge in [0.2, 0.25) is 4.80 Å². The van der Waals surface area contributed by atoms with E-state index in [1.54, 1.807) is 20.3 Å². The third kappa shape index (κ3) is 4.61. The van der Waals surface area contributed by atoms with Crippen molar-refractivity contribution in [2.75, 3.05) is 20.8 Å². The summed E-state index contributed by atoms with van der Waals surface area (Å²) in [7, 11) is 3.27. The molecule has 7 heteroatoms. The van der Waals surface area contributed by atoms with Crippen LogP contribution in [-0.4, -0.2) is 31.7 Å². The smallest absolute Gasteiger partial charge is 0.206 e. The molecule has 0 aliphatic heterocycles. The summed E-state index contributed by atoms with van der Waals surface area (Å²) in [5.41, 5.74) is 2.78. The molecule has 0 bridgehead atoms. The normalized spacial score (nSPS) is 11.8. The van der Waals surface area contributed by atoms with Crippen LogP contribution in [0.15, 0.2) is 75.1 Å². The molecule has 3 rings (SSSR count). The minimum absolute atomic E-state index is 0.520. The van der Waals surface area contributed by atoms with Crippen LogP contribution in [0.25, 0.3) is 11.3 Å². The highest BCUT2D eigenvalue weighted by molar-refractivity contribution is 9.10. The SMILES string of the molecule is C=CCN=c1scc(-c2ccc(OC)cc2OC)n1N=Cc1cccc(Br)c1. The topological polar surface area (TPSA) is 48.1 Å². The number of benzene rings is 2. The van der Waals surface area contributed by atoms with Crippen LogP contribution in [0.5, 0.6) is 11.5 Å². The Morgan fingerprint density at radius 2 is 2.04 bits per heavy atom. The molecule has 2 aromatic carbocycles. The molecule has 0 saturated heterocycles. The van der Waals surface area contributed by atoms with Crippen molar-refractivity contribution in [3.63, 3.8) is 0 Å². The maximum atomic E-state index is 5.57. The Morgan fingerprint density at radius 3 is 2.75 bits per heavy atom. The number of nitrogens with zero attached hydrogens (tertiary/aromatic N) is 3. The van der Waals surface area contributed by atoms with Gasteiger partial charge in [-0.1, -0.05) is 34.1 Å². The lowest BCUT2D eigenvalue weighted by atomic mass is 10.1. The first-order valence-electron chi connectivity index (χ1n) is 8.50. The van der Waals surface area contributed by atoms with Gasteiger partial charge in [-0.2, -0.15) is 5.10 Å². The van der Waals surface area contributed by atoms with Crippen LogP contribution in [0.4, 0.5) is 0 Å². The first kappa shape index (κ1) is 20.1. The second-order valence-electron chi connectivity index (χ2n) is 5.71. The number of aromatic nitrogens is 1. The average molecular weight is 458 g/mol. The first-order valence-corrected chi connectivity index (χ1v) is 10.2. The molecule has 0 radical (unpaired) electrons. The number of hydrogen-bond donors (Lipinski definition) is 0. The number of methoxy groups -OCH3 is 2. The molecule has 0 N–H and O–H groups in total. The highest BCUT2D eigenvalue weighted by Gasteiger charge is 2.13. The van der Waals surface area contributed by atoms with E-state index >= 15 is 0 Å². The van der Waals surface area contributed by atoms with Crippen molar-refractivity contribution < 1.29 is 9.47 Å². The van der Waals surface area contributed by atoms with Gasteiger partial charge in [0.05, 0.1) is 32.7 Å². The molecule has 28 heavy (non-hydrogen) atoms. The van der Waals surface area contributed by atoms with E-state index in [4.69, 9.17) is 14.6 Å². The van der Waals surface area contributed by atoms with E-state index in [1.807, 2.05) is 58.7 Å². The van der Waals surface area contributed by atoms with Gasteiger partial charge in [0.1, 0.15) is 11.5 Å². The highest BCUT2D eigenvalue weighted by Crippen LogP contribution is 2.33. The Kier molecular flexibility index (Phi) is 6.84. The van der Waals surface area contributed by atoms with Crippen LogP contribution in [0.2, 0.25) is 0 Å². The summed E-state index contributed by atoms with van der Waals surface area (Å²) in [6, 6.07) is 13.7. The zero-order chi connectivity index (χ0) is 19.9. The molecule has 5 nitrogen and oxygen atoms in total. The number of hydrogen-bond acceptors (Lipinski definition) is 5. The first-order chi connectivity index (χ1) is 13.7. The monoisotopic (exact) mass is 457 g/mol. The number of rotatable bonds is 7. The zero-order valence-corrected chi connectivity index (χ0v) is 18.0. The third-order valence-corrected chi connectivity index (χ3v) is 5.24. The Morgan fingerprint density at radius 1 is 1.18 bits per heavy atom. The molecule has 0 unspecified atom stereocenters. The fraction of sp³-hybridized carbons (Fsp3) is 0.143. The van der Waals surface area contributed by atoms with Gasteiger partial charge in [-0.15, -0.1) is 17.9 Å². The second-order valence-corrected chi connectivity index (χ2v) is 7.46. The molecule has 0 aliphatic rings. The molecule has 0 saturated carbocycles. The largest absolute Gasteiger partial charge is 0.497 e. The lowest BCUT2D eigenvalue weighted by Gasteiger charge is -2.10. The van der Waals surface area contributed by atoms with Gasteiger partial charge in [0, 0.05) is 21.5 Å². The van der Waals surface area contributed by atoms with Crippen molar-refractivity contribution in [1.82, 2.24) is 4.68 Å². The number of thiazole rings is 1. The maximum absolute atomic E-state index is 5.57. The van der Waals surface area contributed by atoms with E-state index in [0.29, 0.717) is 12.3 Å². The van der Waals surface area contributed by atoms with Crippen LogP contribution in [0.1, 0.15) is 5.56 Å². The van der Waals surface area contributed by atoms with E-state index < -0.39 is 0 Å². The fourth-order valence-electron chi connectivity index (χ4n) is 2.57. The molecule has 1 heterocycles. The Bertz CT molecular complexity index is 1070. The van der Waals surface area contributed by atoms with Gasteiger partial charge >= 0.3 is 0 Å². The molecule has 3 aromatic rings. The predicted octanol–water partition coefficient (Wildman–Crippen LogP) is 4.97. The van der Waals surface area contributed by atoms with Gasteiger partial charge in [-0.05, 0) is 29.8 Å². The van der Waals surface area contributed by atoms with Crippen molar-refractivity contribution in [3.8, 4) is 22.8 Å². The van der Waals surface area contributed by atoms with Crippen LogP contribution in [-0.2, 0) is 0 Å². The molecular formula is C21H20BrN3O2S. The van der Waals surface area contributed by atoms with Crippen LogP contribution in [0, 0.1) is 0 Å². The summed E-state index contributed by atoms with van der Waals surface area (Å²) in [6.45, 7) is 4.26. The molecule has 0 amide bonds. The summed E-state index contributed by atoms with van der Waals surface area (Å²) < 4.78 is 13.7. The quantitative estimate of drug-likeness (QED) is 0.371. The predicted molar refractivity (Wildman–Crippen MR) is 119 cm³/mol. The minimum Gasteiger partial charge on any atom is -0.497 e. The lowest BCUT2D eigenvalue weighted by Crippen LogP contribution is -2.12. The summed E-state index contributed by atoms with van der Waals surface area (Å²) in [6.07, 6.45) is 3.57. The van der Waals surface area contributed by atoms with E-state index in [1.165, 1.54) is 11.3 Å². The van der Waals surface area contributed by atoms with E-state index in [9.17, 15) is 0 Å². The van der Waals surface area contributed by atoms with Gasteiger partial charge in [0.15, 0.2) is 0 Å². The van der Waals surface area contributed by atoms with Gasteiger partial charge < -0.3 is 9.47 Å². The lowest BCUT2D eigenvalue weighted by molar-refractivity contribution is 0.395. The molecule has 0 aliphatic carbocycles. The fourth-order valence-corrected chi connectivity index (χ4v) is 3.82. The standard InChI is InChI=1S/C21H20BrN3O2S/c1-4-10-23-21-25(24-13-15-6-5-7-16(22)11-15)19(14-28-21)18-9-8-17(26-2)12-20(18)27-3/h4-9,11-14H,1,10H2,2-3H3. The Hall–Kier alpha value is -2.64. The van der Waals surface area contributed by atoms with E-state index in [-0.39, 0.29) is 0 Å². The number of halogens is 1. The molecule has 0 atom stereocenters. The Balaban J connectivity index is 2.12. The summed E-state index contributed by atoms with van der Waals surface area (Å²) in [4.78, 5) is 5.34.